The minimum absolute atomic E-state index is 0.263. The molecule has 1 aliphatic rings. The van der Waals surface area contributed by atoms with Crippen LogP contribution in [0.5, 0.6) is 17.2 Å². The number of halogens is 3. The smallest absolute Gasteiger partial charge is 0.480 e. The fraction of sp³-hybridized carbons (Fsp3) is 0.455. The monoisotopic (exact) mass is 423 g/mol. The summed E-state index contributed by atoms with van der Waals surface area (Å²) in [6, 6.07) is 2.22. The Labute approximate surface area is 144 Å². The summed E-state index contributed by atoms with van der Waals surface area (Å²) in [7, 11) is -12.3. The first-order valence-electron chi connectivity index (χ1n) is 6.56. The predicted octanol–water partition coefficient (Wildman–Crippen LogP) is 1.72. The van der Waals surface area contributed by atoms with E-state index in [2.05, 4.69) is 4.18 Å². The quantitative estimate of drug-likeness (QED) is 0.689. The summed E-state index contributed by atoms with van der Waals surface area (Å²) in [5.74, 6) is -1.20. The van der Waals surface area contributed by atoms with Crippen LogP contribution in [0.25, 0.3) is 4.13 Å². The largest absolute Gasteiger partial charge is 0.504 e. The van der Waals surface area contributed by atoms with Crippen LogP contribution in [0.4, 0.5) is 13.2 Å². The van der Waals surface area contributed by atoms with Crippen LogP contribution in [-0.4, -0.2) is 44.1 Å². The van der Waals surface area contributed by atoms with Gasteiger partial charge in [-0.1, -0.05) is 0 Å². The zero-order chi connectivity index (χ0) is 19.0. The molecule has 25 heavy (non-hydrogen) atoms. The van der Waals surface area contributed by atoms with Gasteiger partial charge in [-0.25, -0.2) is 16.8 Å². The van der Waals surface area contributed by atoms with Crippen molar-refractivity contribution in [3.63, 3.8) is 0 Å². The van der Waals surface area contributed by atoms with Gasteiger partial charge in [0.2, 0.25) is 16.1 Å². The fourth-order valence-electron chi connectivity index (χ4n) is 2.00. The molecule has 1 saturated heterocycles. The van der Waals surface area contributed by atoms with Gasteiger partial charge in [-0.2, -0.15) is 13.2 Å². The maximum Gasteiger partial charge on any atom is 0.480 e. The SMILES string of the molecule is O=S(=O)([N-]S(=O)(=O)C(F)(F)F)Oc1c(O)cc([S+]2CCCC2)cc1O. The van der Waals surface area contributed by atoms with Crippen molar-refractivity contribution in [2.45, 2.75) is 23.2 Å². The maximum atomic E-state index is 12.2. The maximum absolute atomic E-state index is 12.2. The fourth-order valence-corrected chi connectivity index (χ4v) is 6.14. The van der Waals surface area contributed by atoms with Crippen molar-refractivity contribution in [2.75, 3.05) is 11.5 Å². The third-order valence-corrected chi connectivity index (χ3v) is 8.00. The Bertz CT molecular complexity index is 838. The lowest BCUT2D eigenvalue weighted by Crippen LogP contribution is -2.25. The molecule has 1 aromatic rings. The van der Waals surface area contributed by atoms with Crippen LogP contribution in [-0.2, 0) is 31.2 Å². The van der Waals surface area contributed by atoms with E-state index in [-0.39, 0.29) is 10.9 Å². The molecule has 0 aromatic heterocycles. The minimum atomic E-state index is -6.37. The second-order valence-electron chi connectivity index (χ2n) is 4.91. The number of benzene rings is 1. The Morgan fingerprint density at radius 2 is 1.52 bits per heavy atom. The first-order chi connectivity index (χ1) is 11.3. The van der Waals surface area contributed by atoms with Gasteiger partial charge in [0.25, 0.3) is 0 Å². The van der Waals surface area contributed by atoms with E-state index in [9.17, 15) is 40.2 Å². The molecule has 14 heteroatoms. The van der Waals surface area contributed by atoms with E-state index < -0.39 is 43.1 Å². The molecule has 8 nitrogen and oxygen atoms in total. The molecule has 0 amide bonds. The van der Waals surface area contributed by atoms with E-state index in [1.54, 1.807) is 4.13 Å². The molecule has 0 atom stereocenters. The Hall–Kier alpha value is -1.38. The number of aromatic hydroxyl groups is 2. The molecule has 0 unspecified atom stereocenters. The molecule has 0 spiro atoms. The van der Waals surface area contributed by atoms with Gasteiger partial charge in [-0.05, 0) is 12.8 Å². The summed E-state index contributed by atoms with van der Waals surface area (Å²) < 4.78 is 86.7. The van der Waals surface area contributed by atoms with E-state index in [0.29, 0.717) is 4.90 Å². The van der Waals surface area contributed by atoms with Gasteiger partial charge in [0.1, 0.15) is 11.5 Å². The van der Waals surface area contributed by atoms with E-state index in [0.717, 1.165) is 36.5 Å². The van der Waals surface area contributed by atoms with Crippen LogP contribution in [0.2, 0.25) is 0 Å². The van der Waals surface area contributed by atoms with Crippen molar-refractivity contribution in [3.05, 3.63) is 16.3 Å². The topological polar surface area (TPSA) is 132 Å². The van der Waals surface area contributed by atoms with Gasteiger partial charge in [-0.3, -0.25) is 0 Å². The van der Waals surface area contributed by atoms with E-state index in [1.807, 2.05) is 0 Å². The van der Waals surface area contributed by atoms with Gasteiger partial charge in [0.15, 0.2) is 26.4 Å². The molecule has 142 valence electrons. The van der Waals surface area contributed by atoms with E-state index in [1.165, 1.54) is 0 Å². The van der Waals surface area contributed by atoms with Crippen LogP contribution in [0.1, 0.15) is 12.8 Å². The minimum Gasteiger partial charge on any atom is -0.504 e. The second kappa shape index (κ2) is 6.74. The molecule has 1 fully saturated rings. The first-order valence-corrected chi connectivity index (χ1v) is 10.9. The molecule has 1 aliphatic heterocycles. The van der Waals surface area contributed by atoms with Crippen molar-refractivity contribution in [2.24, 2.45) is 0 Å². The highest BCUT2D eigenvalue weighted by atomic mass is 32.3. The van der Waals surface area contributed by atoms with Gasteiger partial charge in [0.05, 0.1) is 0 Å². The lowest BCUT2D eigenvalue weighted by molar-refractivity contribution is -0.0425. The zero-order valence-electron chi connectivity index (χ0n) is 12.2. The Balaban J connectivity index is 2.27. The number of rotatable bonds is 5. The highest BCUT2D eigenvalue weighted by Gasteiger charge is 2.41. The predicted molar refractivity (Wildman–Crippen MR) is 82.3 cm³/mol. The highest BCUT2D eigenvalue weighted by molar-refractivity contribution is 8.10. The average Bonchev–Trinajstić information content (AvgIpc) is 2.94. The summed E-state index contributed by atoms with van der Waals surface area (Å²) in [5, 5.41) is 19.6. The highest BCUT2D eigenvalue weighted by Crippen LogP contribution is 2.42. The second-order valence-corrected chi connectivity index (χ2v) is 10.2. The number of sulfonamides is 1. The number of hydrogen-bond donors (Lipinski definition) is 2. The van der Waals surface area contributed by atoms with Crippen LogP contribution < -0.4 is 4.18 Å². The number of phenols is 2. The first kappa shape index (κ1) is 19.9. The van der Waals surface area contributed by atoms with Crippen LogP contribution in [0.3, 0.4) is 0 Å². The molecule has 1 heterocycles. The normalized spacial score (nSPS) is 16.9. The van der Waals surface area contributed by atoms with Gasteiger partial charge in [-0.15, -0.1) is 0 Å². The lowest BCUT2D eigenvalue weighted by Gasteiger charge is -2.22. The molecule has 0 bridgehead atoms. The van der Waals surface area contributed by atoms with Crippen LogP contribution in [0.15, 0.2) is 17.0 Å². The van der Waals surface area contributed by atoms with Crippen molar-refractivity contribution >= 4 is 31.2 Å². The van der Waals surface area contributed by atoms with Crippen molar-refractivity contribution in [1.82, 2.24) is 0 Å². The summed E-state index contributed by atoms with van der Waals surface area (Å²) in [6.45, 7) is 0. The number of alkyl halides is 3. The lowest BCUT2D eigenvalue weighted by atomic mass is 10.3. The Morgan fingerprint density at radius 1 is 1.04 bits per heavy atom. The van der Waals surface area contributed by atoms with Crippen molar-refractivity contribution in [1.29, 1.82) is 0 Å². The molecular weight excluding hydrogens is 411 g/mol. The number of phenolic OH excluding ortho intramolecular Hbond substituents is 2. The zero-order valence-corrected chi connectivity index (χ0v) is 14.7. The molecule has 0 saturated carbocycles. The van der Waals surface area contributed by atoms with Crippen LogP contribution in [0, 0.1) is 0 Å². The number of nitrogens with zero attached hydrogens (tertiary/aromatic N) is 1. The third-order valence-electron chi connectivity index (χ3n) is 3.06. The summed E-state index contributed by atoms with van der Waals surface area (Å²) in [4.78, 5) is 0.525. The summed E-state index contributed by atoms with van der Waals surface area (Å²) in [5.41, 5.74) is -5.94. The molecule has 1 aromatic carbocycles. The van der Waals surface area contributed by atoms with Crippen molar-refractivity contribution in [3.8, 4) is 17.2 Å². The van der Waals surface area contributed by atoms with Crippen LogP contribution >= 0.6 is 0 Å². The number of hydrogen-bond acceptors (Lipinski definition) is 7. The van der Waals surface area contributed by atoms with Crippen molar-refractivity contribution < 1.29 is 44.4 Å². The van der Waals surface area contributed by atoms with E-state index in [4.69, 9.17) is 0 Å². The van der Waals surface area contributed by atoms with E-state index >= 15 is 0 Å². The van der Waals surface area contributed by atoms with Gasteiger partial charge in [0, 0.05) is 23.0 Å². The molecule has 0 aliphatic carbocycles. The molecule has 2 rings (SSSR count). The summed E-state index contributed by atoms with van der Waals surface area (Å²) in [6.07, 6.45) is 1.90. The molecule has 2 N–H and O–H groups in total. The third kappa shape index (κ3) is 4.62. The molecule has 0 radical (unpaired) electrons. The summed E-state index contributed by atoms with van der Waals surface area (Å²) >= 11 is 0. The average molecular weight is 423 g/mol. The standard InChI is InChI=1S/C11H12F3NO7S3/c12-11(13,14)24(18,19)15-25(20,21)22-10-8(16)5-7(6-9(10)17)23-3-1-2-4-23/h5-6,16-17H,1-4H2. The Kier molecular flexibility index (Phi) is 5.37. The van der Waals surface area contributed by atoms with Gasteiger partial charge >= 0.3 is 5.51 Å². The molecular formula is C11H12F3NO7S3. The van der Waals surface area contributed by atoms with Gasteiger partial charge < -0.3 is 18.5 Å². The Morgan fingerprint density at radius 3 is 1.96 bits per heavy atom.